The van der Waals surface area contributed by atoms with Crippen LogP contribution in [0, 0.1) is 5.92 Å². The van der Waals surface area contributed by atoms with E-state index in [1.807, 2.05) is 12.1 Å². The van der Waals surface area contributed by atoms with E-state index >= 15 is 0 Å². The van der Waals surface area contributed by atoms with E-state index in [-0.39, 0.29) is 35.4 Å². The third-order valence-electron chi connectivity index (χ3n) is 5.90. The largest absolute Gasteiger partial charge is 0.497 e. The minimum Gasteiger partial charge on any atom is -0.497 e. The quantitative estimate of drug-likeness (QED) is 0.615. The normalized spacial score (nSPS) is 15.3. The molecule has 3 rings (SSSR count). The van der Waals surface area contributed by atoms with Gasteiger partial charge in [-0.1, -0.05) is 26.0 Å². The number of ether oxygens (including phenoxy) is 2. The van der Waals surface area contributed by atoms with Crippen molar-refractivity contribution in [1.82, 2.24) is 4.31 Å². The molecule has 178 valence electrons. The molecule has 0 aliphatic carbocycles. The van der Waals surface area contributed by atoms with Crippen molar-refractivity contribution in [3.8, 4) is 5.75 Å². The van der Waals surface area contributed by atoms with E-state index in [0.717, 1.165) is 5.56 Å². The molecule has 0 bridgehead atoms. The van der Waals surface area contributed by atoms with E-state index < -0.39 is 16.0 Å². The van der Waals surface area contributed by atoms with Gasteiger partial charge in [0.1, 0.15) is 5.75 Å². The molecule has 1 fully saturated rings. The highest BCUT2D eigenvalue weighted by atomic mass is 32.2. The minimum absolute atomic E-state index is 0.190. The molecule has 0 atom stereocenters. The molecule has 1 aliphatic heterocycles. The second-order valence-corrected chi connectivity index (χ2v) is 10.2. The van der Waals surface area contributed by atoms with Gasteiger partial charge >= 0.3 is 5.97 Å². The van der Waals surface area contributed by atoms with Gasteiger partial charge in [-0.2, -0.15) is 4.31 Å². The summed E-state index contributed by atoms with van der Waals surface area (Å²) >= 11 is 0. The number of benzene rings is 2. The van der Waals surface area contributed by atoms with Crippen LogP contribution < -0.4 is 10.1 Å². The first-order valence-corrected chi connectivity index (χ1v) is 12.3. The molecule has 1 N–H and O–H groups in total. The smallest absolute Gasteiger partial charge is 0.340 e. The second-order valence-electron chi connectivity index (χ2n) is 8.29. The lowest BCUT2D eigenvalue weighted by molar-refractivity contribution is -0.120. The van der Waals surface area contributed by atoms with Crippen molar-refractivity contribution < 1.29 is 27.5 Å². The Bertz CT molecular complexity index is 1100. The molecule has 8 nitrogen and oxygen atoms in total. The lowest BCUT2D eigenvalue weighted by Crippen LogP contribution is -2.41. The van der Waals surface area contributed by atoms with Crippen molar-refractivity contribution in [2.75, 3.05) is 32.6 Å². The van der Waals surface area contributed by atoms with Crippen molar-refractivity contribution in [3.05, 3.63) is 53.6 Å². The number of hydrogen-bond donors (Lipinski definition) is 1. The molecule has 0 spiro atoms. The van der Waals surface area contributed by atoms with Crippen molar-refractivity contribution >= 4 is 27.6 Å². The topological polar surface area (TPSA) is 102 Å². The number of carbonyl (C=O) groups is 2. The molecule has 0 unspecified atom stereocenters. The Morgan fingerprint density at radius 2 is 1.67 bits per heavy atom. The molecule has 2 aromatic carbocycles. The second kappa shape index (κ2) is 10.4. The van der Waals surface area contributed by atoms with E-state index in [9.17, 15) is 18.0 Å². The van der Waals surface area contributed by atoms with E-state index in [0.29, 0.717) is 30.2 Å². The van der Waals surface area contributed by atoms with Crippen molar-refractivity contribution in [1.29, 1.82) is 0 Å². The van der Waals surface area contributed by atoms with Crippen LogP contribution in [0.4, 0.5) is 5.69 Å². The summed E-state index contributed by atoms with van der Waals surface area (Å²) in [4.78, 5) is 25.2. The van der Waals surface area contributed by atoms with Gasteiger partial charge in [0.2, 0.25) is 15.9 Å². The third kappa shape index (κ3) is 5.54. The van der Waals surface area contributed by atoms with Gasteiger partial charge in [0.25, 0.3) is 0 Å². The fraction of sp³-hybridized carbons (Fsp3) is 0.417. The summed E-state index contributed by atoms with van der Waals surface area (Å²) in [5.74, 6) is -0.431. The average Bonchev–Trinajstić information content (AvgIpc) is 2.83. The van der Waals surface area contributed by atoms with E-state index in [4.69, 9.17) is 9.47 Å². The highest BCUT2D eigenvalue weighted by Crippen LogP contribution is 2.28. The Morgan fingerprint density at radius 3 is 2.21 bits per heavy atom. The van der Waals surface area contributed by atoms with Gasteiger partial charge in [-0.25, -0.2) is 13.2 Å². The summed E-state index contributed by atoms with van der Waals surface area (Å²) in [6, 6.07) is 11.7. The van der Waals surface area contributed by atoms with Gasteiger partial charge < -0.3 is 14.8 Å². The van der Waals surface area contributed by atoms with Crippen molar-refractivity contribution in [2.45, 2.75) is 37.5 Å². The zero-order chi connectivity index (χ0) is 24.2. The van der Waals surface area contributed by atoms with Crippen LogP contribution in [0.3, 0.4) is 0 Å². The van der Waals surface area contributed by atoms with E-state index in [2.05, 4.69) is 19.2 Å². The summed E-state index contributed by atoms with van der Waals surface area (Å²) in [6.07, 6.45) is 0.776. The number of anilines is 1. The molecule has 33 heavy (non-hydrogen) atoms. The number of carbonyl (C=O) groups excluding carboxylic acids is 2. The Kier molecular flexibility index (Phi) is 7.76. The molecule has 1 heterocycles. The SMILES string of the molecule is COC(=O)c1cc(OC)ccc1NC(=O)C1CCN(S(=O)(=O)c2ccc(C(C)C)cc2)CC1. The zero-order valence-corrected chi connectivity index (χ0v) is 20.1. The third-order valence-corrected chi connectivity index (χ3v) is 7.81. The molecule has 1 saturated heterocycles. The number of piperidine rings is 1. The summed E-state index contributed by atoms with van der Waals surface area (Å²) < 4.78 is 37.4. The van der Waals surface area contributed by atoms with Crippen LogP contribution in [-0.2, 0) is 19.6 Å². The monoisotopic (exact) mass is 474 g/mol. The number of nitrogens with zero attached hydrogens (tertiary/aromatic N) is 1. The maximum Gasteiger partial charge on any atom is 0.340 e. The maximum absolute atomic E-state index is 13.0. The van der Waals surface area contributed by atoms with Gasteiger partial charge in [-0.3, -0.25) is 4.79 Å². The Hall–Kier alpha value is -2.91. The van der Waals surface area contributed by atoms with Gasteiger partial charge in [-0.15, -0.1) is 0 Å². The first-order valence-electron chi connectivity index (χ1n) is 10.8. The van der Waals surface area contributed by atoms with E-state index in [1.165, 1.54) is 24.6 Å². The molecule has 1 aliphatic rings. The first-order chi connectivity index (χ1) is 15.7. The highest BCUT2D eigenvalue weighted by molar-refractivity contribution is 7.89. The minimum atomic E-state index is -3.62. The Balaban J connectivity index is 1.66. The number of nitrogens with one attached hydrogen (secondary N) is 1. The lowest BCUT2D eigenvalue weighted by atomic mass is 9.97. The first kappa shape index (κ1) is 24.7. The molecule has 2 aromatic rings. The number of sulfonamides is 1. The van der Waals surface area contributed by atoms with Gasteiger partial charge in [0, 0.05) is 19.0 Å². The molecule has 9 heteroatoms. The number of amides is 1. The van der Waals surface area contributed by atoms with Gasteiger partial charge in [-0.05, 0) is 54.7 Å². The molecular formula is C24H30N2O6S. The van der Waals surface area contributed by atoms with Crippen LogP contribution in [0.5, 0.6) is 5.75 Å². The highest BCUT2D eigenvalue weighted by Gasteiger charge is 2.32. The van der Waals surface area contributed by atoms with Crippen LogP contribution in [0.1, 0.15) is 48.5 Å². The summed E-state index contributed by atoms with van der Waals surface area (Å²) in [7, 11) is -0.870. The van der Waals surface area contributed by atoms with Crippen LogP contribution in [0.25, 0.3) is 0 Å². The molecule has 0 saturated carbocycles. The van der Waals surface area contributed by atoms with Crippen molar-refractivity contribution in [2.24, 2.45) is 5.92 Å². The molecule has 0 aromatic heterocycles. The molecule has 1 amide bonds. The van der Waals surface area contributed by atoms with Crippen LogP contribution in [-0.4, -0.2) is 51.9 Å². The van der Waals surface area contributed by atoms with Gasteiger partial charge in [0.15, 0.2) is 0 Å². The zero-order valence-electron chi connectivity index (χ0n) is 19.3. The number of esters is 1. The van der Waals surface area contributed by atoms with Crippen LogP contribution in [0.15, 0.2) is 47.4 Å². The van der Waals surface area contributed by atoms with Gasteiger partial charge in [0.05, 0.1) is 30.4 Å². The Morgan fingerprint density at radius 1 is 1.03 bits per heavy atom. The summed E-state index contributed by atoms with van der Waals surface area (Å²) in [6.45, 7) is 4.61. The maximum atomic E-state index is 13.0. The number of hydrogen-bond acceptors (Lipinski definition) is 6. The van der Waals surface area contributed by atoms with Crippen LogP contribution in [0.2, 0.25) is 0 Å². The number of methoxy groups -OCH3 is 2. The summed E-state index contributed by atoms with van der Waals surface area (Å²) in [5, 5.41) is 2.79. The predicted octanol–water partition coefficient (Wildman–Crippen LogP) is 3.64. The van der Waals surface area contributed by atoms with E-state index in [1.54, 1.807) is 24.3 Å². The molecular weight excluding hydrogens is 444 g/mol. The van der Waals surface area contributed by atoms with Crippen molar-refractivity contribution in [3.63, 3.8) is 0 Å². The predicted molar refractivity (Wildman–Crippen MR) is 125 cm³/mol. The fourth-order valence-corrected chi connectivity index (χ4v) is 5.27. The summed E-state index contributed by atoms with van der Waals surface area (Å²) in [5.41, 5.74) is 1.59. The Labute approximate surface area is 194 Å². The average molecular weight is 475 g/mol. The fourth-order valence-electron chi connectivity index (χ4n) is 3.81. The lowest BCUT2D eigenvalue weighted by Gasteiger charge is -2.30. The molecule has 0 radical (unpaired) electrons. The van der Waals surface area contributed by atoms with Crippen LogP contribution >= 0.6 is 0 Å². The number of rotatable bonds is 7. The standard InChI is InChI=1S/C24H30N2O6S/c1-16(2)17-5-8-20(9-6-17)33(29,30)26-13-11-18(12-14-26)23(27)25-22-10-7-19(31-3)15-21(22)24(28)32-4/h5-10,15-16,18H,11-14H2,1-4H3,(H,25,27).